The van der Waals surface area contributed by atoms with Gasteiger partial charge in [0.1, 0.15) is 11.6 Å². The maximum absolute atomic E-state index is 13.6. The fraction of sp³-hybridized carbons (Fsp3) is 0.294. The number of hydrogen-bond acceptors (Lipinski definition) is 2. The number of hydrogen-bond donors (Lipinski definition) is 1. The fourth-order valence-electron chi connectivity index (χ4n) is 2.61. The number of nitrogens with one attached hydrogen (secondary N) is 1. The molecule has 2 aromatic carbocycles. The van der Waals surface area contributed by atoms with Gasteiger partial charge in [0.15, 0.2) is 0 Å². The first kappa shape index (κ1) is 13.0. The first-order chi connectivity index (χ1) is 9.72. The lowest BCUT2D eigenvalue weighted by Gasteiger charge is -2.16. The molecule has 3 rings (SSSR count). The maximum atomic E-state index is 13.6. The summed E-state index contributed by atoms with van der Waals surface area (Å²) in [6, 6.07) is 13.3. The third kappa shape index (κ3) is 2.77. The Hall–Kier alpha value is -2.03. The number of ether oxygens (including phenoxy) is 1. The maximum Gasteiger partial charge on any atom is 0.126 e. The average Bonchev–Trinajstić information content (AvgIpc) is 2.89. The molecular weight excluding hydrogens is 253 g/mol. The molecule has 2 nitrogen and oxygen atoms in total. The molecule has 0 radical (unpaired) electrons. The zero-order valence-corrected chi connectivity index (χ0v) is 11.5. The molecule has 0 saturated heterocycles. The van der Waals surface area contributed by atoms with Crippen LogP contribution in [0, 0.1) is 5.82 Å². The van der Waals surface area contributed by atoms with Crippen molar-refractivity contribution in [2.45, 2.75) is 25.8 Å². The minimum atomic E-state index is -0.136. The summed E-state index contributed by atoms with van der Waals surface area (Å²) in [6.45, 7) is 2.83. The Kier molecular flexibility index (Phi) is 3.59. The Bertz CT molecular complexity index is 612. The van der Waals surface area contributed by atoms with Crippen LogP contribution in [0.25, 0.3) is 0 Å². The van der Waals surface area contributed by atoms with Crippen LogP contribution in [0.4, 0.5) is 10.1 Å². The Labute approximate surface area is 118 Å². The van der Waals surface area contributed by atoms with Gasteiger partial charge in [-0.3, -0.25) is 0 Å². The van der Waals surface area contributed by atoms with Crippen LogP contribution >= 0.6 is 0 Å². The van der Waals surface area contributed by atoms with Gasteiger partial charge in [-0.05, 0) is 48.7 Å². The van der Waals surface area contributed by atoms with Crippen LogP contribution in [-0.2, 0) is 12.8 Å². The minimum Gasteiger partial charge on any atom is -0.493 e. The van der Waals surface area contributed by atoms with E-state index in [4.69, 9.17) is 4.74 Å². The van der Waals surface area contributed by atoms with Crippen LogP contribution in [-0.4, -0.2) is 12.6 Å². The molecule has 0 aliphatic carbocycles. The van der Waals surface area contributed by atoms with Crippen LogP contribution in [0.2, 0.25) is 0 Å². The van der Waals surface area contributed by atoms with E-state index in [0.29, 0.717) is 6.42 Å². The minimum absolute atomic E-state index is 0.136. The largest absolute Gasteiger partial charge is 0.493 e. The summed E-state index contributed by atoms with van der Waals surface area (Å²) in [7, 11) is 0. The zero-order chi connectivity index (χ0) is 13.9. The standard InChI is InChI=1S/C17H18FNO/c1-12(10-13-4-2-3-5-16(13)18)19-15-6-7-17-14(11-15)8-9-20-17/h2-7,11-12,19H,8-10H2,1H3. The van der Waals surface area contributed by atoms with Gasteiger partial charge in [0.05, 0.1) is 6.61 Å². The van der Waals surface area contributed by atoms with E-state index in [-0.39, 0.29) is 11.9 Å². The van der Waals surface area contributed by atoms with Crippen LogP contribution in [0.5, 0.6) is 5.75 Å². The third-order valence-electron chi connectivity index (χ3n) is 3.59. The summed E-state index contributed by atoms with van der Waals surface area (Å²) in [5.74, 6) is 0.848. The van der Waals surface area contributed by atoms with Gasteiger partial charge in [0.25, 0.3) is 0 Å². The van der Waals surface area contributed by atoms with Gasteiger partial charge in [-0.1, -0.05) is 18.2 Å². The van der Waals surface area contributed by atoms with E-state index < -0.39 is 0 Å². The van der Waals surface area contributed by atoms with Gasteiger partial charge in [-0.25, -0.2) is 4.39 Å². The lowest BCUT2D eigenvalue weighted by molar-refractivity contribution is 0.357. The molecule has 2 aromatic rings. The molecule has 1 atom stereocenters. The van der Waals surface area contributed by atoms with Gasteiger partial charge in [0, 0.05) is 18.2 Å². The van der Waals surface area contributed by atoms with Gasteiger partial charge in [-0.2, -0.15) is 0 Å². The topological polar surface area (TPSA) is 21.3 Å². The number of rotatable bonds is 4. The highest BCUT2D eigenvalue weighted by molar-refractivity contribution is 5.53. The predicted octanol–water partition coefficient (Wildman–Crippen LogP) is 3.80. The molecule has 0 fully saturated rings. The second-order valence-electron chi connectivity index (χ2n) is 5.26. The predicted molar refractivity (Wildman–Crippen MR) is 78.8 cm³/mol. The number of benzene rings is 2. The van der Waals surface area contributed by atoms with E-state index in [1.807, 2.05) is 24.3 Å². The van der Waals surface area contributed by atoms with Crippen LogP contribution in [0.1, 0.15) is 18.1 Å². The van der Waals surface area contributed by atoms with Crippen molar-refractivity contribution in [3.8, 4) is 5.75 Å². The van der Waals surface area contributed by atoms with Crippen molar-refractivity contribution in [2.24, 2.45) is 0 Å². The van der Waals surface area contributed by atoms with Gasteiger partial charge in [-0.15, -0.1) is 0 Å². The second kappa shape index (κ2) is 5.53. The second-order valence-corrected chi connectivity index (χ2v) is 5.26. The molecule has 3 heteroatoms. The fourth-order valence-corrected chi connectivity index (χ4v) is 2.61. The Morgan fingerprint density at radius 2 is 2.10 bits per heavy atom. The lowest BCUT2D eigenvalue weighted by Crippen LogP contribution is -2.18. The first-order valence-electron chi connectivity index (χ1n) is 6.98. The SMILES string of the molecule is CC(Cc1ccccc1F)Nc1ccc2c(c1)CCO2. The van der Waals surface area contributed by atoms with E-state index in [9.17, 15) is 4.39 Å². The number of fused-ring (bicyclic) bond motifs is 1. The average molecular weight is 271 g/mol. The molecule has 1 aliphatic heterocycles. The molecule has 1 N–H and O–H groups in total. The van der Waals surface area contributed by atoms with E-state index in [1.165, 1.54) is 11.6 Å². The molecule has 20 heavy (non-hydrogen) atoms. The van der Waals surface area contributed by atoms with Crippen molar-refractivity contribution in [3.63, 3.8) is 0 Å². The smallest absolute Gasteiger partial charge is 0.126 e. The van der Waals surface area contributed by atoms with Crippen molar-refractivity contribution in [1.29, 1.82) is 0 Å². The number of halogens is 1. The first-order valence-corrected chi connectivity index (χ1v) is 6.98. The molecule has 1 unspecified atom stereocenters. The molecule has 1 aliphatic rings. The van der Waals surface area contributed by atoms with Gasteiger partial charge in [0.2, 0.25) is 0 Å². The molecule has 0 saturated carbocycles. The molecular formula is C17H18FNO. The molecule has 104 valence electrons. The molecule has 0 aromatic heterocycles. The van der Waals surface area contributed by atoms with Crippen molar-refractivity contribution in [1.82, 2.24) is 0 Å². The van der Waals surface area contributed by atoms with Crippen LogP contribution in [0.3, 0.4) is 0 Å². The van der Waals surface area contributed by atoms with Crippen molar-refractivity contribution >= 4 is 5.69 Å². The monoisotopic (exact) mass is 271 g/mol. The highest BCUT2D eigenvalue weighted by atomic mass is 19.1. The highest BCUT2D eigenvalue weighted by Gasteiger charge is 2.13. The Morgan fingerprint density at radius 3 is 2.95 bits per heavy atom. The van der Waals surface area contributed by atoms with Crippen LogP contribution in [0.15, 0.2) is 42.5 Å². The van der Waals surface area contributed by atoms with E-state index in [2.05, 4.69) is 18.3 Å². The quantitative estimate of drug-likeness (QED) is 0.913. The van der Waals surface area contributed by atoms with E-state index >= 15 is 0 Å². The van der Waals surface area contributed by atoms with Crippen LogP contribution < -0.4 is 10.1 Å². The Balaban J connectivity index is 1.67. The summed E-state index contributed by atoms with van der Waals surface area (Å²) < 4.78 is 19.1. The van der Waals surface area contributed by atoms with E-state index in [0.717, 1.165) is 30.0 Å². The summed E-state index contributed by atoms with van der Waals surface area (Å²) in [4.78, 5) is 0. The van der Waals surface area contributed by atoms with Crippen molar-refractivity contribution < 1.29 is 9.13 Å². The Morgan fingerprint density at radius 1 is 1.25 bits per heavy atom. The third-order valence-corrected chi connectivity index (χ3v) is 3.59. The normalized spacial score (nSPS) is 14.5. The summed E-state index contributed by atoms with van der Waals surface area (Å²) in [5.41, 5.74) is 3.06. The summed E-state index contributed by atoms with van der Waals surface area (Å²) >= 11 is 0. The molecule has 0 amide bonds. The lowest BCUT2D eigenvalue weighted by atomic mass is 10.1. The molecule has 0 bridgehead atoms. The summed E-state index contributed by atoms with van der Waals surface area (Å²) in [5, 5.41) is 3.43. The van der Waals surface area contributed by atoms with Crippen molar-refractivity contribution in [2.75, 3.05) is 11.9 Å². The van der Waals surface area contributed by atoms with Crippen molar-refractivity contribution in [3.05, 3.63) is 59.4 Å². The highest BCUT2D eigenvalue weighted by Crippen LogP contribution is 2.28. The summed E-state index contributed by atoms with van der Waals surface area (Å²) in [6.07, 6.45) is 1.63. The van der Waals surface area contributed by atoms with Gasteiger partial charge < -0.3 is 10.1 Å². The zero-order valence-electron chi connectivity index (χ0n) is 11.5. The molecule has 1 heterocycles. The number of anilines is 1. The van der Waals surface area contributed by atoms with E-state index in [1.54, 1.807) is 6.07 Å². The van der Waals surface area contributed by atoms with Gasteiger partial charge >= 0.3 is 0 Å². The molecule has 0 spiro atoms.